The number of benzene rings is 1. The second kappa shape index (κ2) is 6.95. The Balaban J connectivity index is 1.98. The molecule has 0 saturated carbocycles. The molecule has 1 fully saturated rings. The molecular weight excluding hydrogens is 373 g/mol. The molecule has 128 valence electrons. The molecule has 0 bridgehead atoms. The number of ether oxygens (including phenoxy) is 1. The summed E-state index contributed by atoms with van der Waals surface area (Å²) in [4.78, 5) is 17.9. The summed E-state index contributed by atoms with van der Waals surface area (Å²) in [7, 11) is 0. The van der Waals surface area contributed by atoms with E-state index in [4.69, 9.17) is 27.9 Å². The lowest BCUT2D eigenvalue weighted by Gasteiger charge is -2.38. The van der Waals surface area contributed by atoms with Crippen molar-refractivity contribution < 1.29 is 9.53 Å². The molecule has 2 atom stereocenters. The molecule has 2 heterocycles. The summed E-state index contributed by atoms with van der Waals surface area (Å²) < 4.78 is 5.24. The zero-order chi connectivity index (χ0) is 17.3. The van der Waals surface area contributed by atoms with Gasteiger partial charge in [-0.3, -0.25) is 9.44 Å². The van der Waals surface area contributed by atoms with Crippen LogP contribution in [0.5, 0.6) is 0 Å². The molecule has 1 saturated heterocycles. The Morgan fingerprint density at radius 2 is 2.42 bits per heavy atom. The van der Waals surface area contributed by atoms with Crippen LogP contribution in [0, 0.1) is 5.21 Å². The third-order valence-electron chi connectivity index (χ3n) is 3.72. The first-order valence-electron chi connectivity index (χ1n) is 7.20. The van der Waals surface area contributed by atoms with Gasteiger partial charge in [0, 0.05) is 11.6 Å². The van der Waals surface area contributed by atoms with E-state index < -0.39 is 16.8 Å². The average molecular weight is 388 g/mol. The highest BCUT2D eigenvalue weighted by Crippen LogP contribution is 2.38. The van der Waals surface area contributed by atoms with E-state index in [1.807, 2.05) is 4.90 Å². The van der Waals surface area contributed by atoms with Gasteiger partial charge in [0.15, 0.2) is 0 Å². The minimum atomic E-state index is -0.910. The van der Waals surface area contributed by atoms with Crippen LogP contribution in [0.2, 0.25) is 5.02 Å². The summed E-state index contributed by atoms with van der Waals surface area (Å²) in [5.74, 6) is -0.919. The van der Waals surface area contributed by atoms with Crippen LogP contribution in [0.4, 0.5) is 5.13 Å². The van der Waals surface area contributed by atoms with Crippen molar-refractivity contribution in [3.8, 4) is 0 Å². The third kappa shape index (κ3) is 3.28. The molecule has 6 nitrogen and oxygen atoms in total. The summed E-state index contributed by atoms with van der Waals surface area (Å²) in [6, 6.07) is 5.25. The van der Waals surface area contributed by atoms with Gasteiger partial charge in [-0.05, 0) is 18.2 Å². The van der Waals surface area contributed by atoms with Crippen LogP contribution in [0.1, 0.15) is 0 Å². The van der Waals surface area contributed by atoms with E-state index in [0.29, 0.717) is 28.8 Å². The number of quaternary nitrogens is 1. The highest BCUT2D eigenvalue weighted by atomic mass is 35.5. The molecule has 0 amide bonds. The lowest BCUT2D eigenvalue weighted by atomic mass is 10.3. The molecule has 24 heavy (non-hydrogen) atoms. The summed E-state index contributed by atoms with van der Waals surface area (Å²) in [6.07, 6.45) is 0.793. The van der Waals surface area contributed by atoms with Gasteiger partial charge >= 0.3 is 5.97 Å². The number of hydroxylamine groups is 2. The predicted octanol–water partition coefficient (Wildman–Crippen LogP) is 3.32. The van der Waals surface area contributed by atoms with Crippen molar-refractivity contribution in [3.05, 3.63) is 41.1 Å². The quantitative estimate of drug-likeness (QED) is 0.259. The minimum Gasteiger partial charge on any atom is -0.622 e. The number of carbonyl (C=O) groups excluding carboxylic acids is 1. The molecule has 1 aliphatic rings. The number of thiazole rings is 1. The van der Waals surface area contributed by atoms with Crippen molar-refractivity contribution in [1.29, 1.82) is 0 Å². The van der Waals surface area contributed by atoms with Crippen LogP contribution < -0.4 is 4.65 Å². The SMILES string of the molecule is C=CCN1CC(OC(=O)CCl)[N+]([O-])(c2nc3ccc(Cl)cc3s2)C1. The van der Waals surface area contributed by atoms with Crippen LogP contribution in [0.15, 0.2) is 30.9 Å². The lowest BCUT2D eigenvalue weighted by Crippen LogP contribution is -2.51. The van der Waals surface area contributed by atoms with Crippen molar-refractivity contribution in [1.82, 2.24) is 14.5 Å². The van der Waals surface area contributed by atoms with Gasteiger partial charge in [-0.25, -0.2) is 4.90 Å². The maximum atomic E-state index is 13.5. The summed E-state index contributed by atoms with van der Waals surface area (Å²) in [5.41, 5.74) is 0.692. The van der Waals surface area contributed by atoms with Gasteiger partial charge in [0.25, 0.3) is 11.4 Å². The number of rotatable bonds is 5. The van der Waals surface area contributed by atoms with E-state index in [1.165, 1.54) is 11.3 Å². The van der Waals surface area contributed by atoms with Gasteiger partial charge in [-0.1, -0.05) is 29.0 Å². The van der Waals surface area contributed by atoms with Crippen molar-refractivity contribution >= 4 is 55.9 Å². The molecule has 0 spiro atoms. The van der Waals surface area contributed by atoms with Crippen LogP contribution >= 0.6 is 34.5 Å². The van der Waals surface area contributed by atoms with Gasteiger partial charge in [-0.2, -0.15) is 4.98 Å². The normalized spacial score (nSPS) is 24.4. The Labute approximate surface area is 153 Å². The highest BCUT2D eigenvalue weighted by molar-refractivity contribution is 7.22. The smallest absolute Gasteiger partial charge is 0.325 e. The summed E-state index contributed by atoms with van der Waals surface area (Å²) >= 11 is 12.8. The number of nitrogens with zero attached hydrogens (tertiary/aromatic N) is 3. The van der Waals surface area contributed by atoms with Gasteiger partial charge in [-0.15, -0.1) is 18.2 Å². The van der Waals surface area contributed by atoms with E-state index in [1.54, 1.807) is 24.3 Å². The first kappa shape index (κ1) is 17.6. The van der Waals surface area contributed by atoms with Gasteiger partial charge in [0.2, 0.25) is 0 Å². The second-order valence-electron chi connectivity index (χ2n) is 5.45. The molecule has 0 aliphatic carbocycles. The molecule has 0 radical (unpaired) electrons. The molecule has 2 unspecified atom stereocenters. The molecule has 0 N–H and O–H groups in total. The van der Waals surface area contributed by atoms with Crippen molar-refractivity contribution in [2.75, 3.05) is 25.6 Å². The molecule has 1 aromatic carbocycles. The van der Waals surface area contributed by atoms with Gasteiger partial charge < -0.3 is 9.94 Å². The number of fused-ring (bicyclic) bond motifs is 1. The third-order valence-corrected chi connectivity index (χ3v) is 5.30. The first-order valence-corrected chi connectivity index (χ1v) is 8.93. The topological polar surface area (TPSA) is 65.5 Å². The Hall–Kier alpha value is -1.22. The van der Waals surface area contributed by atoms with Crippen molar-refractivity contribution in [2.24, 2.45) is 0 Å². The second-order valence-corrected chi connectivity index (χ2v) is 7.16. The van der Waals surface area contributed by atoms with Crippen LogP contribution in [0.3, 0.4) is 0 Å². The molecule has 2 aromatic rings. The lowest BCUT2D eigenvalue weighted by molar-refractivity contribution is -0.150. The maximum Gasteiger partial charge on any atom is 0.325 e. The Morgan fingerprint density at radius 1 is 1.62 bits per heavy atom. The minimum absolute atomic E-state index is 0.125. The Bertz CT molecular complexity index is 784. The van der Waals surface area contributed by atoms with E-state index in [0.717, 1.165) is 4.70 Å². The van der Waals surface area contributed by atoms with Gasteiger partial charge in [0.05, 0.1) is 16.8 Å². The number of aromatic nitrogens is 1. The number of alkyl halides is 1. The number of hydrogen-bond donors (Lipinski definition) is 0. The molecule has 1 aliphatic heterocycles. The summed E-state index contributed by atoms with van der Waals surface area (Å²) in [5, 5.41) is 14.4. The van der Waals surface area contributed by atoms with Crippen molar-refractivity contribution in [3.63, 3.8) is 0 Å². The Morgan fingerprint density at radius 3 is 3.12 bits per heavy atom. The zero-order valence-electron chi connectivity index (χ0n) is 12.7. The zero-order valence-corrected chi connectivity index (χ0v) is 15.0. The first-order chi connectivity index (χ1) is 11.5. The fraction of sp³-hybridized carbons (Fsp3) is 0.333. The number of carbonyl (C=O) groups is 1. The monoisotopic (exact) mass is 387 g/mol. The number of halogens is 2. The van der Waals surface area contributed by atoms with E-state index >= 15 is 0 Å². The van der Waals surface area contributed by atoms with Crippen molar-refractivity contribution in [2.45, 2.75) is 6.23 Å². The van der Waals surface area contributed by atoms with Crippen LogP contribution in [-0.2, 0) is 9.53 Å². The fourth-order valence-electron chi connectivity index (χ4n) is 2.65. The van der Waals surface area contributed by atoms with Crippen LogP contribution in [0.25, 0.3) is 10.2 Å². The Kier molecular flexibility index (Phi) is 5.10. The molecule has 9 heteroatoms. The van der Waals surface area contributed by atoms with E-state index in [-0.39, 0.29) is 12.5 Å². The summed E-state index contributed by atoms with van der Waals surface area (Å²) in [6.45, 7) is 4.63. The molecule has 3 rings (SSSR count). The standard InChI is InChI=1S/C15H15Cl2N3O3S/c1-2-5-19-8-13(23-14(21)7-16)20(22,9-19)15-18-11-4-3-10(17)6-12(11)24-15/h2-4,6,13H,1,5,7-9H2. The van der Waals surface area contributed by atoms with Crippen LogP contribution in [-0.4, -0.2) is 47.7 Å². The number of esters is 1. The number of hydrogen-bond acceptors (Lipinski definition) is 6. The predicted molar refractivity (Wildman–Crippen MR) is 97.0 cm³/mol. The van der Waals surface area contributed by atoms with E-state index in [9.17, 15) is 10.0 Å². The largest absolute Gasteiger partial charge is 0.622 e. The maximum absolute atomic E-state index is 13.5. The van der Waals surface area contributed by atoms with Gasteiger partial charge in [0.1, 0.15) is 12.5 Å². The molecule has 1 aromatic heterocycles. The fourth-order valence-corrected chi connectivity index (χ4v) is 4.03. The van der Waals surface area contributed by atoms with E-state index in [2.05, 4.69) is 11.6 Å². The highest BCUT2D eigenvalue weighted by Gasteiger charge is 2.45. The molecular formula is C15H15Cl2N3O3S. The average Bonchev–Trinajstić information content (AvgIpc) is 3.10.